The van der Waals surface area contributed by atoms with E-state index in [2.05, 4.69) is 216 Å². The van der Waals surface area contributed by atoms with Crippen LogP contribution < -0.4 is 0 Å². The maximum Gasteiger partial charge on any atom is 0.0491 e. The lowest BCUT2D eigenvalue weighted by atomic mass is 9.92. The summed E-state index contributed by atoms with van der Waals surface area (Å²) in [7, 11) is 0. The van der Waals surface area contributed by atoms with E-state index in [0.29, 0.717) is 0 Å². The second-order valence-electron chi connectivity index (χ2n) is 19.1. The molecule has 0 radical (unpaired) electrons. The molecule has 7 aromatic carbocycles. The molecule has 10 rings (SSSR count). The smallest absolute Gasteiger partial charge is 0.0491 e. The highest BCUT2D eigenvalue weighted by Gasteiger charge is 2.18. The summed E-state index contributed by atoms with van der Waals surface area (Å²) >= 11 is 0. The number of aryl methyl sites for hydroxylation is 3. The number of fused-ring (bicyclic) bond motifs is 9. The lowest BCUT2D eigenvalue weighted by molar-refractivity contribution is 0.294. The molecule has 354 valence electrons. The second kappa shape index (κ2) is 20.8. The van der Waals surface area contributed by atoms with Crippen molar-refractivity contribution in [3.63, 3.8) is 0 Å². The van der Waals surface area contributed by atoms with Gasteiger partial charge in [0.05, 0.1) is 0 Å². The molecule has 6 nitrogen and oxygen atoms in total. The van der Waals surface area contributed by atoms with Crippen molar-refractivity contribution in [2.75, 3.05) is 58.9 Å². The fraction of sp³-hybridized carbons (Fsp3) is 0.333. The number of benzene rings is 7. The third kappa shape index (κ3) is 9.11. The van der Waals surface area contributed by atoms with Crippen molar-refractivity contribution in [3.8, 4) is 33.4 Å². The first kappa shape index (κ1) is 46.5. The third-order valence-electron chi connectivity index (χ3n) is 15.5. The molecule has 0 unspecified atom stereocenters. The molecule has 3 heterocycles. The zero-order valence-electron chi connectivity index (χ0n) is 42.1. The van der Waals surface area contributed by atoms with Gasteiger partial charge in [0.15, 0.2) is 0 Å². The number of hydrogen-bond donors (Lipinski definition) is 0. The van der Waals surface area contributed by atoms with Crippen LogP contribution in [0.3, 0.4) is 0 Å². The van der Waals surface area contributed by atoms with Crippen LogP contribution in [0.5, 0.6) is 0 Å². The molecule has 0 aliphatic carbocycles. The summed E-state index contributed by atoms with van der Waals surface area (Å²) in [6, 6.07) is 56.0. The van der Waals surface area contributed by atoms with Crippen LogP contribution in [0.1, 0.15) is 60.8 Å². The van der Waals surface area contributed by atoms with Crippen LogP contribution in [-0.4, -0.2) is 87.3 Å². The lowest BCUT2D eigenvalue weighted by Gasteiger charge is -2.18. The first-order valence-corrected chi connectivity index (χ1v) is 26.3. The minimum atomic E-state index is 1.00. The minimum Gasteiger partial charge on any atom is -0.340 e. The molecule has 0 aliphatic heterocycles. The van der Waals surface area contributed by atoms with Crippen molar-refractivity contribution >= 4 is 65.4 Å². The molecular formula is C63H72N6. The van der Waals surface area contributed by atoms with Gasteiger partial charge < -0.3 is 28.4 Å². The van der Waals surface area contributed by atoms with E-state index in [-0.39, 0.29) is 0 Å². The molecule has 0 spiro atoms. The van der Waals surface area contributed by atoms with Gasteiger partial charge in [-0.1, -0.05) is 114 Å². The van der Waals surface area contributed by atoms with Crippen molar-refractivity contribution in [1.29, 1.82) is 0 Å². The second-order valence-corrected chi connectivity index (χ2v) is 19.1. The van der Waals surface area contributed by atoms with Crippen LogP contribution in [0.2, 0.25) is 0 Å². The zero-order chi connectivity index (χ0) is 47.4. The van der Waals surface area contributed by atoms with E-state index < -0.39 is 0 Å². The standard InChI is InChI=1S/C63H72N6/c1-7-64(8-2)34-19-37-67-58-25-16-13-22-52(58)55-43-46(28-31-61(55)67)49-40-50(47-29-32-62-56(44-47)53-23-14-17-26-59(53)68(62)38-20-35-65(9-3)10-4)42-51(41-49)48-30-33-63-57(45-48)54-24-15-18-27-60(54)69(63)39-21-36-66(11-5)12-6/h13-18,22-33,40-45H,7-12,19-21,34-39H2,1-6H3. The van der Waals surface area contributed by atoms with E-state index in [1.807, 2.05) is 0 Å². The molecule has 3 aromatic heterocycles. The molecule has 69 heavy (non-hydrogen) atoms. The summed E-state index contributed by atoms with van der Waals surface area (Å²) in [6.45, 7) is 26.5. The maximum atomic E-state index is 2.56. The summed E-state index contributed by atoms with van der Waals surface area (Å²) in [4.78, 5) is 7.60. The summed E-state index contributed by atoms with van der Waals surface area (Å²) in [5.74, 6) is 0. The topological polar surface area (TPSA) is 24.5 Å². The monoisotopic (exact) mass is 913 g/mol. The molecule has 0 saturated heterocycles. The van der Waals surface area contributed by atoms with Gasteiger partial charge in [-0.05, 0) is 184 Å². The van der Waals surface area contributed by atoms with Crippen molar-refractivity contribution in [2.45, 2.75) is 80.4 Å². The van der Waals surface area contributed by atoms with Gasteiger partial charge in [-0.15, -0.1) is 0 Å². The SMILES string of the molecule is CCN(CC)CCCn1c2ccccc2c2cc(-c3cc(-c4ccc5c(c4)c4ccccc4n5CCCN(CC)CC)cc(-c4ccc5c(c4)c4ccccc4n5CCCN(CC)CC)c3)ccc21. The van der Waals surface area contributed by atoms with E-state index in [0.717, 1.165) is 97.8 Å². The molecule has 0 aliphatic rings. The molecule has 0 N–H and O–H groups in total. The molecule has 10 aromatic rings. The van der Waals surface area contributed by atoms with Crippen LogP contribution in [0.4, 0.5) is 0 Å². The Morgan fingerprint density at radius 2 is 0.536 bits per heavy atom. The summed E-state index contributed by atoms with van der Waals surface area (Å²) in [5.41, 5.74) is 15.3. The third-order valence-corrected chi connectivity index (χ3v) is 15.5. The van der Waals surface area contributed by atoms with Crippen LogP contribution in [0, 0.1) is 0 Å². The van der Waals surface area contributed by atoms with Crippen LogP contribution in [0.25, 0.3) is 98.8 Å². The Kier molecular flexibility index (Phi) is 14.0. The van der Waals surface area contributed by atoms with Crippen molar-refractivity contribution in [2.24, 2.45) is 0 Å². The van der Waals surface area contributed by atoms with E-state index >= 15 is 0 Å². The number of para-hydroxylation sites is 3. The number of aromatic nitrogens is 3. The van der Waals surface area contributed by atoms with Gasteiger partial charge in [0.1, 0.15) is 0 Å². The van der Waals surface area contributed by atoms with Gasteiger partial charge >= 0.3 is 0 Å². The van der Waals surface area contributed by atoms with Crippen molar-refractivity contribution in [3.05, 3.63) is 146 Å². The number of nitrogens with zero attached hydrogens (tertiary/aromatic N) is 6. The Balaban J connectivity index is 1.10. The summed E-state index contributed by atoms with van der Waals surface area (Å²) in [5, 5.41) is 7.94. The van der Waals surface area contributed by atoms with Crippen LogP contribution in [-0.2, 0) is 19.6 Å². The lowest BCUT2D eigenvalue weighted by Crippen LogP contribution is -2.24. The molecule has 0 amide bonds. The molecule has 0 bridgehead atoms. The zero-order valence-corrected chi connectivity index (χ0v) is 42.1. The van der Waals surface area contributed by atoms with E-state index in [4.69, 9.17) is 0 Å². The van der Waals surface area contributed by atoms with Crippen molar-refractivity contribution < 1.29 is 0 Å². The molecule has 6 heteroatoms. The van der Waals surface area contributed by atoms with Gasteiger partial charge in [0.2, 0.25) is 0 Å². The predicted octanol–water partition coefficient (Wildman–Crippen LogP) is 15.2. The fourth-order valence-electron chi connectivity index (χ4n) is 11.5. The van der Waals surface area contributed by atoms with E-state index in [1.165, 1.54) is 98.8 Å². The minimum absolute atomic E-state index is 1.00. The Morgan fingerprint density at radius 3 is 0.812 bits per heavy atom. The van der Waals surface area contributed by atoms with Crippen LogP contribution in [0.15, 0.2) is 146 Å². The highest BCUT2D eigenvalue weighted by molar-refractivity contribution is 6.12. The molecule has 0 saturated carbocycles. The van der Waals surface area contributed by atoms with Gasteiger partial charge in [-0.25, -0.2) is 0 Å². The first-order valence-electron chi connectivity index (χ1n) is 26.3. The average molecular weight is 913 g/mol. The van der Waals surface area contributed by atoms with E-state index in [1.54, 1.807) is 0 Å². The predicted molar refractivity (Wildman–Crippen MR) is 299 cm³/mol. The normalized spacial score (nSPS) is 12.3. The number of rotatable bonds is 21. The molecular weight excluding hydrogens is 841 g/mol. The van der Waals surface area contributed by atoms with Gasteiger partial charge in [-0.3, -0.25) is 0 Å². The van der Waals surface area contributed by atoms with Crippen molar-refractivity contribution in [1.82, 2.24) is 28.4 Å². The molecule has 0 atom stereocenters. The van der Waals surface area contributed by atoms with Gasteiger partial charge in [0.25, 0.3) is 0 Å². The quantitative estimate of drug-likeness (QED) is 0.0718. The van der Waals surface area contributed by atoms with Gasteiger partial charge in [-0.2, -0.15) is 0 Å². The fourth-order valence-corrected chi connectivity index (χ4v) is 11.5. The first-order chi connectivity index (χ1) is 33.9. The Hall–Kier alpha value is -6.18. The van der Waals surface area contributed by atoms with E-state index in [9.17, 15) is 0 Å². The largest absolute Gasteiger partial charge is 0.340 e. The van der Waals surface area contributed by atoms with Crippen LogP contribution >= 0.6 is 0 Å². The van der Waals surface area contributed by atoms with Gasteiger partial charge in [0, 0.05) is 85.1 Å². The highest BCUT2D eigenvalue weighted by atomic mass is 15.1. The average Bonchev–Trinajstić information content (AvgIpc) is 4.02. The Bertz CT molecular complexity index is 3000. The molecule has 0 fully saturated rings. The maximum absolute atomic E-state index is 2.56. The number of hydrogen-bond acceptors (Lipinski definition) is 3. The Morgan fingerprint density at radius 1 is 0.275 bits per heavy atom. The Labute approximate surface area is 410 Å². The summed E-state index contributed by atoms with van der Waals surface area (Å²) < 4.78 is 7.68. The summed E-state index contributed by atoms with van der Waals surface area (Å²) in [6.07, 6.45) is 3.38. The highest BCUT2D eigenvalue weighted by Crippen LogP contribution is 2.40.